The van der Waals surface area contributed by atoms with Crippen molar-refractivity contribution in [2.75, 3.05) is 27.7 Å². The Morgan fingerprint density at radius 1 is 1.00 bits per heavy atom. The molecule has 0 bridgehead atoms. The summed E-state index contributed by atoms with van der Waals surface area (Å²) in [6.07, 6.45) is -6.30. The lowest BCUT2D eigenvalue weighted by atomic mass is 9.77. The maximum atomic E-state index is 14.6. The number of pyridine rings is 1. The summed E-state index contributed by atoms with van der Waals surface area (Å²) in [5, 5.41) is 53.8. The standard InChI is InChI=1S/C44H76N4O13/c1-14-32-44(10,54)38(61-41(52)47-23-30-15-17-45-18-16-30)28(6)46-22-24(2)20-42(8,53)37(60-40-34(49)31(48(11)12)19-25(3)56-40)26(4)35(27(5)39(51)58-32)59-33-21-43(9,55-13)36(50)29(7)57-33/h15-18,24-29,31-38,40,46,49-50,53-54H,14,19-23H2,1-13H3,(H,47,52)/t24-,25-,26+,27-,28-,29+,31+,32-,33+,34-,35+,36+,37-,38-,40+,42-,43-,44-/m1/s1. The molecule has 17 nitrogen and oxygen atoms in total. The Hall–Kier alpha value is -2.55. The average Bonchev–Trinajstić information content (AvgIpc) is 3.20. The first-order chi connectivity index (χ1) is 28.4. The molecule has 3 aliphatic heterocycles. The first kappa shape index (κ1) is 51.1. The maximum Gasteiger partial charge on any atom is 0.407 e. The van der Waals surface area contributed by atoms with Gasteiger partial charge in [0.05, 0.1) is 41.5 Å². The number of methoxy groups -OCH3 is 1. The molecule has 0 aromatic carbocycles. The third-order valence-electron chi connectivity index (χ3n) is 13.1. The van der Waals surface area contributed by atoms with Crippen LogP contribution in [0.1, 0.15) is 100 Å². The summed E-state index contributed by atoms with van der Waals surface area (Å²) in [4.78, 5) is 33.8. The number of hydrogen-bond acceptors (Lipinski definition) is 16. The molecule has 18 atom stereocenters. The van der Waals surface area contributed by atoms with Crippen LogP contribution < -0.4 is 10.6 Å². The van der Waals surface area contributed by atoms with E-state index >= 15 is 0 Å². The summed E-state index contributed by atoms with van der Waals surface area (Å²) in [5.41, 5.74) is -3.79. The van der Waals surface area contributed by atoms with Crippen LogP contribution in [0.15, 0.2) is 24.5 Å². The highest BCUT2D eigenvalue weighted by molar-refractivity contribution is 5.73. The van der Waals surface area contributed by atoms with Crippen LogP contribution in [-0.2, 0) is 44.5 Å². The number of ether oxygens (including phenoxy) is 7. The van der Waals surface area contributed by atoms with E-state index in [-0.39, 0.29) is 43.9 Å². The van der Waals surface area contributed by atoms with Crippen molar-refractivity contribution in [2.24, 2.45) is 17.8 Å². The zero-order chi connectivity index (χ0) is 45.6. The van der Waals surface area contributed by atoms with Gasteiger partial charge in [-0.1, -0.05) is 20.8 Å². The number of aliphatic hydroxyl groups is 4. The topological polar surface area (TPSA) is 220 Å². The summed E-state index contributed by atoms with van der Waals surface area (Å²) in [5.74, 6) is -2.84. The molecule has 1 amide bonds. The second-order valence-corrected chi connectivity index (χ2v) is 18.8. The number of carbonyl (C=O) groups excluding carboxylic acids is 2. The SMILES string of the molecule is CC[C@H]1OC(=O)[C@H](C)[C@@H](O[C@H]2C[C@@](C)(OC)[C@@H](O)[C@H](C)O2)[C@H](C)[C@@H](O[C@@H]2O[C@H](C)C[C@H](N(C)C)[C@H]2O)[C@](C)(O)C[C@@H](C)CN[C@H](C)[C@@H](OC(=O)NCc2ccncc2)[C@]1(C)O. The van der Waals surface area contributed by atoms with E-state index in [0.29, 0.717) is 13.0 Å². The predicted molar refractivity (Wildman–Crippen MR) is 225 cm³/mol. The Bertz CT molecular complexity index is 1540. The Morgan fingerprint density at radius 2 is 1.66 bits per heavy atom. The average molecular weight is 869 g/mol. The van der Waals surface area contributed by atoms with Gasteiger partial charge in [0.25, 0.3) is 0 Å². The number of alkyl carbamates (subject to hydrolysis) is 1. The number of aliphatic hydroxyl groups excluding tert-OH is 2. The Morgan fingerprint density at radius 3 is 2.26 bits per heavy atom. The van der Waals surface area contributed by atoms with Gasteiger partial charge in [-0.2, -0.15) is 0 Å². The van der Waals surface area contributed by atoms with Crippen molar-refractivity contribution in [3.05, 3.63) is 30.1 Å². The van der Waals surface area contributed by atoms with E-state index in [1.165, 1.54) is 14.0 Å². The summed E-state index contributed by atoms with van der Waals surface area (Å²) < 4.78 is 43.9. The van der Waals surface area contributed by atoms with Crippen LogP contribution in [0.4, 0.5) is 4.79 Å². The second-order valence-electron chi connectivity index (χ2n) is 18.8. The number of carbonyl (C=O) groups is 2. The summed E-state index contributed by atoms with van der Waals surface area (Å²) in [6, 6.07) is 2.54. The molecule has 350 valence electrons. The number of likely N-dealkylation sites (N-methyl/N-ethyl adjacent to an activating group) is 1. The first-order valence-corrected chi connectivity index (χ1v) is 21.9. The first-order valence-electron chi connectivity index (χ1n) is 21.9. The van der Waals surface area contributed by atoms with Gasteiger partial charge < -0.3 is 69.1 Å². The molecule has 0 radical (unpaired) electrons. The zero-order valence-electron chi connectivity index (χ0n) is 38.6. The van der Waals surface area contributed by atoms with Gasteiger partial charge in [0.2, 0.25) is 0 Å². The highest BCUT2D eigenvalue weighted by Gasteiger charge is 2.53. The van der Waals surface area contributed by atoms with Gasteiger partial charge in [-0.05, 0) is 112 Å². The molecular formula is C44H76N4O13. The highest BCUT2D eigenvalue weighted by atomic mass is 16.7. The predicted octanol–water partition coefficient (Wildman–Crippen LogP) is 2.89. The van der Waals surface area contributed by atoms with Crippen molar-refractivity contribution in [3.63, 3.8) is 0 Å². The highest BCUT2D eigenvalue weighted by Crippen LogP contribution is 2.40. The molecular weight excluding hydrogens is 792 g/mol. The van der Waals surface area contributed by atoms with E-state index in [9.17, 15) is 30.0 Å². The molecule has 4 heterocycles. The minimum absolute atomic E-state index is 0.101. The van der Waals surface area contributed by atoms with Gasteiger partial charge in [0.1, 0.15) is 23.9 Å². The second kappa shape index (κ2) is 21.4. The molecule has 3 saturated heterocycles. The quantitative estimate of drug-likeness (QED) is 0.186. The number of esters is 1. The van der Waals surface area contributed by atoms with Gasteiger partial charge in [-0.15, -0.1) is 0 Å². The number of cyclic esters (lactones) is 1. The summed E-state index contributed by atoms with van der Waals surface area (Å²) in [6.45, 7) is 17.9. The third-order valence-corrected chi connectivity index (χ3v) is 13.1. The van der Waals surface area contributed by atoms with Crippen molar-refractivity contribution in [1.82, 2.24) is 20.5 Å². The number of rotatable bonds is 10. The Balaban J connectivity index is 1.77. The smallest absolute Gasteiger partial charge is 0.407 e. The van der Waals surface area contributed by atoms with Crippen LogP contribution in [0.3, 0.4) is 0 Å². The van der Waals surface area contributed by atoms with E-state index in [1.807, 2.05) is 32.8 Å². The minimum Gasteiger partial charge on any atom is -0.459 e. The van der Waals surface area contributed by atoms with Crippen LogP contribution >= 0.6 is 0 Å². The third kappa shape index (κ3) is 12.6. The number of nitrogens with zero attached hydrogens (tertiary/aromatic N) is 2. The van der Waals surface area contributed by atoms with Crippen LogP contribution in [0.25, 0.3) is 0 Å². The van der Waals surface area contributed by atoms with Gasteiger partial charge in [0, 0.05) is 50.5 Å². The number of hydrogen-bond donors (Lipinski definition) is 6. The van der Waals surface area contributed by atoms with Crippen molar-refractivity contribution in [1.29, 1.82) is 0 Å². The summed E-state index contributed by atoms with van der Waals surface area (Å²) in [7, 11) is 5.25. The van der Waals surface area contributed by atoms with Crippen molar-refractivity contribution in [2.45, 2.75) is 192 Å². The maximum absolute atomic E-state index is 14.6. The van der Waals surface area contributed by atoms with E-state index in [4.69, 9.17) is 33.2 Å². The minimum atomic E-state index is -1.90. The van der Waals surface area contributed by atoms with E-state index in [1.54, 1.807) is 73.0 Å². The molecule has 0 unspecified atom stereocenters. The van der Waals surface area contributed by atoms with Crippen molar-refractivity contribution >= 4 is 12.1 Å². The molecule has 17 heteroatoms. The molecule has 4 rings (SSSR count). The van der Waals surface area contributed by atoms with E-state index in [0.717, 1.165) is 5.56 Å². The molecule has 0 spiro atoms. The fraction of sp³-hybridized carbons (Fsp3) is 0.841. The molecule has 61 heavy (non-hydrogen) atoms. The van der Waals surface area contributed by atoms with Crippen LogP contribution in [0.2, 0.25) is 0 Å². The van der Waals surface area contributed by atoms with Gasteiger partial charge in [0.15, 0.2) is 18.7 Å². The molecule has 1 aromatic rings. The fourth-order valence-corrected chi connectivity index (χ4v) is 9.40. The lowest BCUT2D eigenvalue weighted by molar-refractivity contribution is -0.318. The monoisotopic (exact) mass is 869 g/mol. The van der Waals surface area contributed by atoms with Gasteiger partial charge >= 0.3 is 12.1 Å². The molecule has 3 fully saturated rings. The lowest BCUT2D eigenvalue weighted by Crippen LogP contribution is -2.61. The summed E-state index contributed by atoms with van der Waals surface area (Å²) >= 11 is 0. The Labute approximate surface area is 362 Å². The van der Waals surface area contributed by atoms with Crippen molar-refractivity contribution < 1.29 is 63.2 Å². The van der Waals surface area contributed by atoms with Gasteiger partial charge in [-0.25, -0.2) is 4.79 Å². The lowest BCUT2D eigenvalue weighted by Gasteiger charge is -2.48. The van der Waals surface area contributed by atoms with Crippen LogP contribution in [0.5, 0.6) is 0 Å². The normalized spacial score (nSPS) is 43.4. The molecule has 6 N–H and O–H groups in total. The fourth-order valence-electron chi connectivity index (χ4n) is 9.40. The number of amides is 1. The molecule has 1 aromatic heterocycles. The van der Waals surface area contributed by atoms with Gasteiger partial charge in [-0.3, -0.25) is 9.78 Å². The zero-order valence-corrected chi connectivity index (χ0v) is 38.6. The molecule has 0 aliphatic carbocycles. The van der Waals surface area contributed by atoms with Crippen LogP contribution in [0, 0.1) is 17.8 Å². The van der Waals surface area contributed by atoms with Crippen molar-refractivity contribution in [3.8, 4) is 0 Å². The number of aromatic nitrogens is 1. The number of nitrogens with one attached hydrogen (secondary N) is 2. The van der Waals surface area contributed by atoms with E-state index < -0.39 is 102 Å². The van der Waals surface area contributed by atoms with E-state index in [2.05, 4.69) is 15.6 Å². The Kier molecular flexibility index (Phi) is 17.9. The van der Waals surface area contributed by atoms with Crippen LogP contribution in [-0.4, -0.2) is 160 Å². The molecule has 0 saturated carbocycles. The molecule has 3 aliphatic rings. The largest absolute Gasteiger partial charge is 0.459 e.